The minimum absolute atomic E-state index is 0. The van der Waals surface area contributed by atoms with E-state index in [1.54, 1.807) is 11.7 Å². The van der Waals surface area contributed by atoms with Crippen LogP contribution in [0.1, 0.15) is 12.8 Å². The van der Waals surface area contributed by atoms with Crippen molar-refractivity contribution in [1.29, 1.82) is 0 Å². The van der Waals surface area contributed by atoms with Gasteiger partial charge in [0.15, 0.2) is 11.5 Å². The van der Waals surface area contributed by atoms with Gasteiger partial charge in [-0.3, -0.25) is 9.36 Å². The zero-order valence-electron chi connectivity index (χ0n) is 19.0. The van der Waals surface area contributed by atoms with E-state index in [1.165, 1.54) is 11.3 Å². The molecule has 5 rings (SSSR count). The summed E-state index contributed by atoms with van der Waals surface area (Å²) in [5, 5.41) is 1.62. The van der Waals surface area contributed by atoms with Crippen molar-refractivity contribution < 1.29 is 9.47 Å². The Morgan fingerprint density at radius 3 is 2.59 bits per heavy atom. The van der Waals surface area contributed by atoms with Crippen LogP contribution in [0, 0.1) is 0 Å². The Kier molecular flexibility index (Phi) is 7.53. The van der Waals surface area contributed by atoms with Crippen molar-refractivity contribution in [2.45, 2.75) is 18.9 Å². The van der Waals surface area contributed by atoms with Gasteiger partial charge in [-0.05, 0) is 68.4 Å². The van der Waals surface area contributed by atoms with Gasteiger partial charge in [0.2, 0.25) is 0 Å². The van der Waals surface area contributed by atoms with Crippen molar-refractivity contribution in [3.63, 3.8) is 0 Å². The van der Waals surface area contributed by atoms with Gasteiger partial charge in [-0.1, -0.05) is 23.7 Å². The van der Waals surface area contributed by atoms with E-state index in [9.17, 15) is 4.79 Å². The predicted octanol–water partition coefficient (Wildman–Crippen LogP) is 6.28. The summed E-state index contributed by atoms with van der Waals surface area (Å²) in [6.45, 7) is 2.00. The maximum Gasteiger partial charge on any atom is 0.273 e. The zero-order chi connectivity index (χ0) is 22.9. The molecule has 0 aliphatic carbocycles. The Bertz CT molecular complexity index is 1350. The van der Waals surface area contributed by atoms with Gasteiger partial charge in [0.05, 0.1) is 12.8 Å². The number of methoxy groups -OCH3 is 1. The number of benzene rings is 2. The summed E-state index contributed by atoms with van der Waals surface area (Å²) >= 11 is 7.51. The number of ether oxygens (including phenoxy) is 2. The molecule has 178 valence electrons. The topological polar surface area (TPSA) is 43.7 Å². The number of thiophene rings is 1. The van der Waals surface area contributed by atoms with Crippen LogP contribution < -0.4 is 15.0 Å². The van der Waals surface area contributed by atoms with Crippen molar-refractivity contribution in [2.24, 2.45) is 0 Å². The average Bonchev–Trinajstić information content (AvgIpc) is 3.26. The SMILES string of the molecule is COc1cc(-n2ccc3cc(-c4ccc(Cl)cc4)sc3c2=O)ccc1O[C@H]1CCCN(C)C1.Cl. The molecule has 4 aromatic rings. The number of hydrogen-bond acceptors (Lipinski definition) is 5. The monoisotopic (exact) mass is 516 g/mol. The molecule has 5 nitrogen and oxygen atoms in total. The van der Waals surface area contributed by atoms with Gasteiger partial charge in [0, 0.05) is 34.1 Å². The molecule has 8 heteroatoms. The van der Waals surface area contributed by atoms with Crippen LogP contribution in [0.15, 0.2) is 65.6 Å². The summed E-state index contributed by atoms with van der Waals surface area (Å²) < 4.78 is 14.2. The molecule has 2 aromatic heterocycles. The number of halogens is 2. The third-order valence-electron chi connectivity index (χ3n) is 6.01. The highest BCUT2D eigenvalue weighted by Crippen LogP contribution is 2.34. The fourth-order valence-corrected chi connectivity index (χ4v) is 5.50. The Balaban J connectivity index is 0.00000274. The van der Waals surface area contributed by atoms with Crippen molar-refractivity contribution >= 4 is 45.4 Å². The van der Waals surface area contributed by atoms with Crippen molar-refractivity contribution in [3.8, 4) is 27.6 Å². The summed E-state index contributed by atoms with van der Waals surface area (Å²) in [6.07, 6.45) is 4.10. The molecule has 0 radical (unpaired) electrons. The summed E-state index contributed by atoms with van der Waals surface area (Å²) in [4.78, 5) is 16.7. The van der Waals surface area contributed by atoms with Crippen molar-refractivity contribution in [1.82, 2.24) is 9.47 Å². The molecule has 34 heavy (non-hydrogen) atoms. The summed E-state index contributed by atoms with van der Waals surface area (Å²) in [6, 6.07) is 17.4. The number of aromatic nitrogens is 1. The number of fused-ring (bicyclic) bond motifs is 1. The second-order valence-electron chi connectivity index (χ2n) is 8.37. The van der Waals surface area contributed by atoms with Gasteiger partial charge in [0.25, 0.3) is 5.56 Å². The molecule has 1 aliphatic rings. The van der Waals surface area contributed by atoms with Crippen molar-refractivity contribution in [3.05, 3.63) is 76.2 Å². The van der Waals surface area contributed by atoms with Crippen LogP contribution in [0.2, 0.25) is 5.02 Å². The average molecular weight is 517 g/mol. The van der Waals surface area contributed by atoms with Crippen LogP contribution >= 0.6 is 35.3 Å². The minimum Gasteiger partial charge on any atom is -0.493 e. The summed E-state index contributed by atoms with van der Waals surface area (Å²) in [5.41, 5.74) is 1.73. The van der Waals surface area contributed by atoms with Gasteiger partial charge < -0.3 is 14.4 Å². The molecule has 2 aromatic carbocycles. The molecule has 0 amide bonds. The molecular weight excluding hydrogens is 491 g/mol. The van der Waals surface area contributed by atoms with Gasteiger partial charge in [-0.15, -0.1) is 23.7 Å². The Morgan fingerprint density at radius 1 is 1.06 bits per heavy atom. The lowest BCUT2D eigenvalue weighted by molar-refractivity contribution is 0.101. The first-order valence-corrected chi connectivity index (χ1v) is 12.2. The van der Waals surface area contributed by atoms with E-state index in [-0.39, 0.29) is 24.1 Å². The van der Waals surface area contributed by atoms with E-state index in [0.717, 1.165) is 47.4 Å². The Labute approximate surface area is 213 Å². The number of pyridine rings is 1. The van der Waals surface area contributed by atoms with Crippen LogP contribution in [-0.4, -0.2) is 42.8 Å². The number of nitrogens with zero attached hydrogens (tertiary/aromatic N) is 2. The summed E-state index contributed by atoms with van der Waals surface area (Å²) in [7, 11) is 3.74. The lowest BCUT2D eigenvalue weighted by atomic mass is 10.1. The molecule has 1 atom stereocenters. The number of hydrogen-bond donors (Lipinski definition) is 0. The molecule has 0 N–H and O–H groups in total. The second kappa shape index (κ2) is 10.4. The fraction of sp³-hybridized carbons (Fsp3) is 0.269. The molecule has 3 heterocycles. The highest BCUT2D eigenvalue weighted by molar-refractivity contribution is 7.22. The van der Waals surface area contributed by atoms with Crippen LogP contribution in [0.5, 0.6) is 11.5 Å². The number of likely N-dealkylation sites (tertiary alicyclic amines) is 1. The molecule has 1 saturated heterocycles. The molecule has 0 saturated carbocycles. The van der Waals surface area contributed by atoms with E-state index in [2.05, 4.69) is 11.9 Å². The first kappa shape index (κ1) is 24.6. The maximum absolute atomic E-state index is 13.3. The van der Waals surface area contributed by atoms with Gasteiger partial charge >= 0.3 is 0 Å². The normalized spacial score (nSPS) is 16.3. The molecule has 0 unspecified atom stereocenters. The number of likely N-dealkylation sites (N-methyl/N-ethyl adjacent to an activating group) is 1. The smallest absolute Gasteiger partial charge is 0.273 e. The van der Waals surface area contributed by atoms with Crippen LogP contribution in [-0.2, 0) is 0 Å². The number of piperidine rings is 1. The van der Waals surface area contributed by atoms with Gasteiger partial charge in [-0.25, -0.2) is 0 Å². The Morgan fingerprint density at radius 2 is 1.85 bits per heavy atom. The quantitative estimate of drug-likeness (QED) is 0.313. The molecule has 1 aliphatic heterocycles. The van der Waals surface area contributed by atoms with Crippen LogP contribution in [0.3, 0.4) is 0 Å². The minimum atomic E-state index is -0.0534. The lowest BCUT2D eigenvalue weighted by Gasteiger charge is -2.30. The van der Waals surface area contributed by atoms with E-state index in [1.807, 2.05) is 60.8 Å². The maximum atomic E-state index is 13.3. The highest BCUT2D eigenvalue weighted by Gasteiger charge is 2.20. The van der Waals surface area contributed by atoms with Crippen LogP contribution in [0.4, 0.5) is 0 Å². The lowest BCUT2D eigenvalue weighted by Crippen LogP contribution is -2.38. The highest BCUT2D eigenvalue weighted by atomic mass is 35.5. The Hall–Kier alpha value is -2.51. The van der Waals surface area contributed by atoms with Gasteiger partial charge in [-0.2, -0.15) is 0 Å². The standard InChI is InChI=1S/C26H25ClN2O3S.ClH/c1-28-12-3-4-21(16-28)32-22-10-9-20(15-23(22)31-2)29-13-11-18-14-24(33-25(18)26(29)30)17-5-7-19(27)8-6-17;/h5-11,13-15,21H,3-4,12,16H2,1-2H3;1H/t21-;/m0./s1. The first-order chi connectivity index (χ1) is 16.0. The van der Waals surface area contributed by atoms with E-state index < -0.39 is 0 Å². The molecule has 1 fully saturated rings. The van der Waals surface area contributed by atoms with Crippen LogP contribution in [0.25, 0.3) is 26.2 Å². The third kappa shape index (κ3) is 4.96. The fourth-order valence-electron chi connectivity index (χ4n) is 4.29. The summed E-state index contributed by atoms with van der Waals surface area (Å²) in [5.74, 6) is 1.33. The second-order valence-corrected chi connectivity index (χ2v) is 9.86. The predicted molar refractivity (Wildman–Crippen MR) is 143 cm³/mol. The van der Waals surface area contributed by atoms with E-state index in [4.69, 9.17) is 21.1 Å². The molecule has 0 bridgehead atoms. The number of rotatable bonds is 5. The molecule has 0 spiro atoms. The zero-order valence-corrected chi connectivity index (χ0v) is 21.4. The van der Waals surface area contributed by atoms with Gasteiger partial charge in [0.1, 0.15) is 10.8 Å². The van der Waals surface area contributed by atoms with Crippen molar-refractivity contribution in [2.75, 3.05) is 27.2 Å². The third-order valence-corrected chi connectivity index (χ3v) is 7.45. The molecular formula is C26H26Cl2N2O3S. The van der Waals surface area contributed by atoms with E-state index >= 15 is 0 Å². The largest absolute Gasteiger partial charge is 0.493 e. The first-order valence-electron chi connectivity index (χ1n) is 11.0. The van der Waals surface area contributed by atoms with E-state index in [0.29, 0.717) is 21.2 Å².